The van der Waals surface area contributed by atoms with E-state index in [0.29, 0.717) is 29.0 Å². The number of hydrogen-bond donors (Lipinski definition) is 0. The third-order valence-electron chi connectivity index (χ3n) is 4.63. The molecule has 0 radical (unpaired) electrons. The number of sulfone groups is 1. The first kappa shape index (κ1) is 21.0. The summed E-state index contributed by atoms with van der Waals surface area (Å²) in [6.07, 6.45) is 2.96. The highest BCUT2D eigenvalue weighted by Gasteiger charge is 2.25. The Kier molecular flexibility index (Phi) is 5.91. The molecule has 0 N–H and O–H groups in total. The number of aromatic nitrogens is 3. The maximum Gasteiger partial charge on any atom is 0.284 e. The normalized spacial score (nSPS) is 16.8. The first-order valence-electron chi connectivity index (χ1n) is 9.08. The van der Waals surface area contributed by atoms with Gasteiger partial charge in [0.1, 0.15) is 0 Å². The molecule has 1 aliphatic heterocycles. The number of benzene rings is 1. The molecule has 0 unspecified atom stereocenters. The van der Waals surface area contributed by atoms with Crippen molar-refractivity contribution in [1.29, 1.82) is 0 Å². The minimum atomic E-state index is -3.56. The maximum atomic E-state index is 11.8. The van der Waals surface area contributed by atoms with E-state index < -0.39 is 14.8 Å². The van der Waals surface area contributed by atoms with Gasteiger partial charge < -0.3 is 4.74 Å². The number of nitrogens with zero attached hydrogens (tertiary/aromatic N) is 4. The fourth-order valence-corrected chi connectivity index (χ4v) is 5.45. The Hall–Kier alpha value is -2.28. The molecule has 2 aromatic heterocycles. The van der Waals surface area contributed by atoms with Gasteiger partial charge >= 0.3 is 0 Å². The van der Waals surface area contributed by atoms with Crippen LogP contribution >= 0.6 is 23.1 Å². The highest BCUT2D eigenvalue weighted by Crippen LogP contribution is 2.37. The van der Waals surface area contributed by atoms with Gasteiger partial charge in [0.25, 0.3) is 5.69 Å². The molecule has 4 rings (SSSR count). The van der Waals surface area contributed by atoms with Crippen molar-refractivity contribution >= 4 is 38.6 Å². The zero-order chi connectivity index (χ0) is 21.3. The molecule has 1 aliphatic rings. The average Bonchev–Trinajstić information content (AvgIpc) is 3.44. The van der Waals surface area contributed by atoms with Crippen LogP contribution in [0.2, 0.25) is 0 Å². The van der Waals surface area contributed by atoms with E-state index in [1.165, 1.54) is 23.5 Å². The van der Waals surface area contributed by atoms with Crippen molar-refractivity contribution in [3.8, 4) is 10.7 Å². The van der Waals surface area contributed by atoms with Crippen molar-refractivity contribution in [3.63, 3.8) is 0 Å². The summed E-state index contributed by atoms with van der Waals surface area (Å²) in [7, 11) is -3.56. The Morgan fingerprint density at radius 3 is 2.83 bits per heavy atom. The lowest BCUT2D eigenvalue weighted by molar-refractivity contribution is -0.388. The number of hydrogen-bond acceptors (Lipinski definition) is 9. The molecular formula is C18H18N4O5S3. The van der Waals surface area contributed by atoms with E-state index in [0.717, 1.165) is 41.8 Å². The van der Waals surface area contributed by atoms with E-state index in [9.17, 15) is 18.5 Å². The summed E-state index contributed by atoms with van der Waals surface area (Å²) in [4.78, 5) is 12.1. The van der Waals surface area contributed by atoms with Gasteiger partial charge in [-0.05, 0) is 48.2 Å². The molecule has 3 heterocycles. The van der Waals surface area contributed by atoms with Crippen LogP contribution in [0.15, 0.2) is 50.7 Å². The largest absolute Gasteiger partial charge is 0.376 e. The Balaban J connectivity index is 1.73. The van der Waals surface area contributed by atoms with E-state index in [2.05, 4.69) is 10.2 Å². The van der Waals surface area contributed by atoms with Crippen molar-refractivity contribution < 1.29 is 18.1 Å². The van der Waals surface area contributed by atoms with Crippen molar-refractivity contribution in [2.45, 2.75) is 40.4 Å². The molecule has 1 atom stereocenters. The summed E-state index contributed by atoms with van der Waals surface area (Å²) in [6, 6.07) is 7.75. The fraction of sp³-hybridized carbons (Fsp3) is 0.333. The first-order chi connectivity index (χ1) is 14.3. The quantitative estimate of drug-likeness (QED) is 0.383. The second kappa shape index (κ2) is 8.46. The minimum absolute atomic E-state index is 0.0293. The Labute approximate surface area is 181 Å². The summed E-state index contributed by atoms with van der Waals surface area (Å²) in [5.41, 5.74) is -0.285. The first-order valence-corrected chi connectivity index (χ1v) is 12.7. The molecule has 9 nitrogen and oxygen atoms in total. The van der Waals surface area contributed by atoms with Gasteiger partial charge in [-0.3, -0.25) is 14.7 Å². The van der Waals surface area contributed by atoms with Gasteiger partial charge in [0.2, 0.25) is 0 Å². The molecule has 0 saturated carbocycles. The van der Waals surface area contributed by atoms with E-state index >= 15 is 0 Å². The standard InChI is InChI=1S/C18H18N4O5S3/c1-30(25,26)13-6-7-15(14(10-13)22(23)24)29-18-20-19-17(16-5-3-9-28-16)21(18)11-12-4-2-8-27-12/h3,5-7,9-10,12H,2,4,8,11H2,1H3/t12-/m1/s1. The molecule has 158 valence electrons. The molecule has 1 fully saturated rings. The molecule has 3 aromatic rings. The summed E-state index contributed by atoms with van der Waals surface area (Å²) in [5, 5.41) is 22.6. The van der Waals surface area contributed by atoms with Crippen LogP contribution in [0.4, 0.5) is 5.69 Å². The molecule has 0 aliphatic carbocycles. The second-order valence-corrected chi connectivity index (χ2v) is 10.8. The second-order valence-electron chi connectivity index (χ2n) is 6.79. The molecule has 0 bridgehead atoms. The summed E-state index contributed by atoms with van der Waals surface area (Å²) >= 11 is 2.62. The number of thiophene rings is 1. The molecule has 0 spiro atoms. The topological polar surface area (TPSA) is 117 Å². The van der Waals surface area contributed by atoms with Gasteiger partial charge in [0.05, 0.1) is 32.2 Å². The van der Waals surface area contributed by atoms with Crippen LogP contribution in [-0.4, -0.2) is 47.1 Å². The highest BCUT2D eigenvalue weighted by atomic mass is 32.2. The zero-order valence-corrected chi connectivity index (χ0v) is 18.4. The van der Waals surface area contributed by atoms with E-state index in [1.807, 2.05) is 22.1 Å². The number of ether oxygens (including phenoxy) is 1. The lowest BCUT2D eigenvalue weighted by atomic mass is 10.2. The monoisotopic (exact) mass is 466 g/mol. The van der Waals surface area contributed by atoms with E-state index in [-0.39, 0.29) is 16.7 Å². The van der Waals surface area contributed by atoms with Gasteiger partial charge in [-0.2, -0.15) is 0 Å². The van der Waals surface area contributed by atoms with Gasteiger partial charge in [-0.1, -0.05) is 6.07 Å². The predicted molar refractivity (Wildman–Crippen MR) is 113 cm³/mol. The van der Waals surface area contributed by atoms with Crippen molar-refractivity contribution in [3.05, 3.63) is 45.8 Å². The van der Waals surface area contributed by atoms with Gasteiger partial charge in [-0.15, -0.1) is 21.5 Å². The minimum Gasteiger partial charge on any atom is -0.376 e. The number of rotatable bonds is 7. The number of nitro benzene ring substituents is 1. The van der Waals surface area contributed by atoms with Crippen molar-refractivity contribution in [1.82, 2.24) is 14.8 Å². The maximum absolute atomic E-state index is 11.8. The third-order valence-corrected chi connectivity index (χ3v) is 7.65. The van der Waals surface area contributed by atoms with Gasteiger partial charge in [0.15, 0.2) is 20.8 Å². The summed E-state index contributed by atoms with van der Waals surface area (Å²) in [6.45, 7) is 1.25. The van der Waals surface area contributed by atoms with Crippen LogP contribution in [0.1, 0.15) is 12.8 Å². The summed E-state index contributed by atoms with van der Waals surface area (Å²) in [5.74, 6) is 0.679. The average molecular weight is 467 g/mol. The fourth-order valence-electron chi connectivity index (χ4n) is 3.16. The number of nitro groups is 1. The SMILES string of the molecule is CS(=O)(=O)c1ccc(Sc2nnc(-c3cccs3)n2C[C@H]2CCCO2)c([N+](=O)[O-])c1. The lowest BCUT2D eigenvalue weighted by Crippen LogP contribution is -2.16. The molecule has 12 heteroatoms. The van der Waals surface area contributed by atoms with Crippen LogP contribution in [0.5, 0.6) is 0 Å². The van der Waals surface area contributed by atoms with Gasteiger partial charge in [0, 0.05) is 18.9 Å². The Bertz CT molecular complexity index is 1170. The van der Waals surface area contributed by atoms with Crippen molar-refractivity contribution in [2.75, 3.05) is 12.9 Å². The van der Waals surface area contributed by atoms with Crippen LogP contribution < -0.4 is 0 Å². The molecule has 1 aromatic carbocycles. The van der Waals surface area contributed by atoms with Crippen molar-refractivity contribution in [2.24, 2.45) is 0 Å². The van der Waals surface area contributed by atoms with Crippen LogP contribution in [0, 0.1) is 10.1 Å². The van der Waals surface area contributed by atoms with E-state index in [1.54, 1.807) is 0 Å². The summed E-state index contributed by atoms with van der Waals surface area (Å²) < 4.78 is 31.3. The Morgan fingerprint density at radius 2 is 2.20 bits per heavy atom. The third kappa shape index (κ3) is 4.41. The van der Waals surface area contributed by atoms with Crippen LogP contribution in [0.25, 0.3) is 10.7 Å². The smallest absolute Gasteiger partial charge is 0.284 e. The predicted octanol–water partition coefficient (Wildman–Crippen LogP) is 3.65. The van der Waals surface area contributed by atoms with Crippen LogP contribution in [-0.2, 0) is 21.1 Å². The highest BCUT2D eigenvalue weighted by molar-refractivity contribution is 7.99. The van der Waals surface area contributed by atoms with E-state index in [4.69, 9.17) is 4.74 Å². The Morgan fingerprint density at radius 1 is 1.37 bits per heavy atom. The zero-order valence-electron chi connectivity index (χ0n) is 15.9. The van der Waals surface area contributed by atoms with Crippen LogP contribution in [0.3, 0.4) is 0 Å². The van der Waals surface area contributed by atoms with Gasteiger partial charge in [-0.25, -0.2) is 8.42 Å². The molecule has 1 saturated heterocycles. The molecule has 30 heavy (non-hydrogen) atoms. The molecule has 0 amide bonds. The molecular weight excluding hydrogens is 448 g/mol. The lowest BCUT2D eigenvalue weighted by Gasteiger charge is -2.14.